The first-order valence-corrected chi connectivity index (χ1v) is 7.99. The van der Waals surface area contributed by atoms with Crippen LogP contribution >= 0.6 is 43.6 Å². The van der Waals surface area contributed by atoms with Crippen LogP contribution in [0.1, 0.15) is 12.0 Å². The summed E-state index contributed by atoms with van der Waals surface area (Å²) in [4.78, 5) is 0. The summed E-state index contributed by atoms with van der Waals surface area (Å²) >= 11 is 8.58. The van der Waals surface area contributed by atoms with Crippen molar-refractivity contribution >= 4 is 43.6 Å². The minimum atomic E-state index is 0.320. The molecule has 0 unspecified atom stereocenters. The van der Waals surface area contributed by atoms with Crippen LogP contribution in [0.4, 0.5) is 0 Å². The molecule has 0 bridgehead atoms. The van der Waals surface area contributed by atoms with Gasteiger partial charge in [-0.15, -0.1) is 0 Å². The Bertz CT molecular complexity index is 347. The predicted molar refractivity (Wildman–Crippen MR) is 78.2 cm³/mol. The summed E-state index contributed by atoms with van der Waals surface area (Å²) < 4.78 is 1.70. The normalized spacial score (nSPS) is 10.7. The van der Waals surface area contributed by atoms with Crippen LogP contribution in [-0.4, -0.2) is 23.7 Å². The third-order valence-electron chi connectivity index (χ3n) is 2.12. The lowest BCUT2D eigenvalue weighted by Crippen LogP contribution is -2.15. The summed E-state index contributed by atoms with van der Waals surface area (Å²) in [6, 6.07) is 3.77. The zero-order valence-corrected chi connectivity index (χ0v) is 13.1. The molecule has 0 spiro atoms. The molecule has 5 heteroatoms. The van der Waals surface area contributed by atoms with Crippen molar-refractivity contribution in [3.8, 4) is 5.75 Å². The first-order chi connectivity index (χ1) is 7.65. The second kappa shape index (κ2) is 7.58. The molecule has 0 fully saturated rings. The number of hydrogen-bond donors (Lipinski definition) is 2. The van der Waals surface area contributed by atoms with Crippen molar-refractivity contribution in [3.63, 3.8) is 0 Å². The quantitative estimate of drug-likeness (QED) is 0.750. The second-order valence-electron chi connectivity index (χ2n) is 3.42. The molecule has 0 aliphatic rings. The van der Waals surface area contributed by atoms with Gasteiger partial charge in [-0.2, -0.15) is 11.8 Å². The van der Waals surface area contributed by atoms with E-state index in [1.165, 1.54) is 5.75 Å². The molecule has 0 saturated heterocycles. The van der Waals surface area contributed by atoms with E-state index in [-0.39, 0.29) is 0 Å². The van der Waals surface area contributed by atoms with Crippen molar-refractivity contribution in [1.82, 2.24) is 5.32 Å². The Balaban J connectivity index is 2.47. The molecule has 1 rings (SSSR count). The number of phenols is 1. The minimum Gasteiger partial charge on any atom is -0.506 e. The second-order valence-corrected chi connectivity index (χ2v) is 6.17. The summed E-state index contributed by atoms with van der Waals surface area (Å²) in [5, 5.41) is 13.1. The van der Waals surface area contributed by atoms with Crippen molar-refractivity contribution in [3.05, 3.63) is 26.6 Å². The number of nitrogens with one attached hydrogen (secondary N) is 1. The van der Waals surface area contributed by atoms with E-state index in [0.29, 0.717) is 12.3 Å². The maximum Gasteiger partial charge on any atom is 0.134 e. The van der Waals surface area contributed by atoms with Crippen LogP contribution in [0.3, 0.4) is 0 Å². The van der Waals surface area contributed by atoms with Crippen LogP contribution in [0, 0.1) is 0 Å². The number of phenolic OH excluding ortho intramolecular Hbond substituents is 1. The van der Waals surface area contributed by atoms with Crippen molar-refractivity contribution < 1.29 is 5.11 Å². The van der Waals surface area contributed by atoms with E-state index in [4.69, 9.17) is 0 Å². The summed E-state index contributed by atoms with van der Waals surface area (Å²) in [5.74, 6) is 1.49. The molecular formula is C11H15Br2NOS. The fourth-order valence-corrected chi connectivity index (χ4v) is 3.07. The van der Waals surface area contributed by atoms with Crippen molar-refractivity contribution in [2.24, 2.45) is 0 Å². The van der Waals surface area contributed by atoms with Gasteiger partial charge in [0, 0.05) is 16.6 Å². The molecule has 0 radical (unpaired) electrons. The fourth-order valence-electron chi connectivity index (χ4n) is 1.32. The average Bonchev–Trinajstić information content (AvgIpc) is 2.24. The van der Waals surface area contributed by atoms with Gasteiger partial charge in [0.25, 0.3) is 0 Å². The highest BCUT2D eigenvalue weighted by atomic mass is 79.9. The van der Waals surface area contributed by atoms with Crippen LogP contribution in [0.2, 0.25) is 0 Å². The topological polar surface area (TPSA) is 32.3 Å². The monoisotopic (exact) mass is 367 g/mol. The Kier molecular flexibility index (Phi) is 6.80. The van der Waals surface area contributed by atoms with Gasteiger partial charge in [0.1, 0.15) is 5.75 Å². The van der Waals surface area contributed by atoms with Gasteiger partial charge in [0.05, 0.1) is 4.47 Å². The first kappa shape index (κ1) is 14.4. The number of rotatable bonds is 6. The Morgan fingerprint density at radius 3 is 2.81 bits per heavy atom. The van der Waals surface area contributed by atoms with Crippen LogP contribution in [0.15, 0.2) is 21.1 Å². The number of hydrogen-bond acceptors (Lipinski definition) is 3. The van der Waals surface area contributed by atoms with Crippen LogP contribution < -0.4 is 5.32 Å². The Morgan fingerprint density at radius 1 is 1.38 bits per heavy atom. The molecule has 0 aliphatic heterocycles. The molecule has 90 valence electrons. The Morgan fingerprint density at radius 2 is 2.12 bits per heavy atom. The van der Waals surface area contributed by atoms with Crippen molar-refractivity contribution in [1.29, 1.82) is 0 Å². The number of halogens is 2. The average molecular weight is 369 g/mol. The summed E-state index contributed by atoms with van der Waals surface area (Å²) in [7, 11) is 0. The van der Waals surface area contributed by atoms with E-state index < -0.39 is 0 Å². The lowest BCUT2D eigenvalue weighted by molar-refractivity contribution is 0.461. The molecule has 2 N–H and O–H groups in total. The lowest BCUT2D eigenvalue weighted by Gasteiger charge is -2.08. The van der Waals surface area contributed by atoms with E-state index in [2.05, 4.69) is 43.4 Å². The molecular weight excluding hydrogens is 354 g/mol. The highest BCUT2D eigenvalue weighted by Crippen LogP contribution is 2.31. The first-order valence-electron chi connectivity index (χ1n) is 5.01. The van der Waals surface area contributed by atoms with E-state index in [9.17, 15) is 5.11 Å². The largest absolute Gasteiger partial charge is 0.506 e. The van der Waals surface area contributed by atoms with E-state index in [1.54, 1.807) is 0 Å². The van der Waals surface area contributed by atoms with Crippen molar-refractivity contribution in [2.45, 2.75) is 13.0 Å². The van der Waals surface area contributed by atoms with Gasteiger partial charge in [-0.05, 0) is 53.0 Å². The van der Waals surface area contributed by atoms with Gasteiger partial charge < -0.3 is 10.4 Å². The van der Waals surface area contributed by atoms with Crippen LogP contribution in [0.25, 0.3) is 0 Å². The Labute approximate surface area is 117 Å². The molecule has 0 heterocycles. The number of benzene rings is 1. The third kappa shape index (κ3) is 4.65. The smallest absolute Gasteiger partial charge is 0.134 e. The van der Waals surface area contributed by atoms with Crippen LogP contribution in [0.5, 0.6) is 5.75 Å². The molecule has 0 aromatic heterocycles. The third-order valence-corrected chi connectivity index (χ3v) is 3.88. The molecule has 0 saturated carbocycles. The van der Waals surface area contributed by atoms with Gasteiger partial charge in [0.15, 0.2) is 0 Å². The zero-order chi connectivity index (χ0) is 12.0. The van der Waals surface area contributed by atoms with E-state index in [0.717, 1.165) is 27.5 Å². The lowest BCUT2D eigenvalue weighted by atomic mass is 10.2. The molecule has 16 heavy (non-hydrogen) atoms. The summed E-state index contributed by atoms with van der Waals surface area (Å²) in [6.07, 6.45) is 3.26. The molecule has 1 aromatic carbocycles. The SMILES string of the molecule is CSCCCNCc1cc(Br)cc(Br)c1O. The van der Waals surface area contributed by atoms with E-state index >= 15 is 0 Å². The predicted octanol–water partition coefficient (Wildman–Crippen LogP) is 3.76. The maximum absolute atomic E-state index is 9.81. The van der Waals surface area contributed by atoms with Crippen molar-refractivity contribution in [2.75, 3.05) is 18.6 Å². The summed E-state index contributed by atoms with van der Waals surface area (Å²) in [6.45, 7) is 1.67. The van der Waals surface area contributed by atoms with Gasteiger partial charge in [-0.1, -0.05) is 15.9 Å². The minimum absolute atomic E-state index is 0.320. The maximum atomic E-state index is 9.81. The highest BCUT2D eigenvalue weighted by Gasteiger charge is 2.06. The molecule has 0 amide bonds. The number of thioether (sulfide) groups is 1. The standard InChI is InChI=1S/C11H15Br2NOS/c1-16-4-2-3-14-7-8-5-9(12)6-10(13)11(8)15/h5-6,14-15H,2-4,7H2,1H3. The summed E-state index contributed by atoms with van der Waals surface area (Å²) in [5.41, 5.74) is 0.908. The van der Waals surface area contributed by atoms with Gasteiger partial charge >= 0.3 is 0 Å². The molecule has 0 aliphatic carbocycles. The van der Waals surface area contributed by atoms with Gasteiger partial charge in [-0.25, -0.2) is 0 Å². The van der Waals surface area contributed by atoms with Gasteiger partial charge in [0.2, 0.25) is 0 Å². The number of aromatic hydroxyl groups is 1. The molecule has 0 atom stereocenters. The highest BCUT2D eigenvalue weighted by molar-refractivity contribution is 9.11. The van der Waals surface area contributed by atoms with E-state index in [1.807, 2.05) is 23.9 Å². The van der Waals surface area contributed by atoms with Crippen LogP contribution in [-0.2, 0) is 6.54 Å². The van der Waals surface area contributed by atoms with Gasteiger partial charge in [-0.3, -0.25) is 0 Å². The fraction of sp³-hybridized carbons (Fsp3) is 0.455. The molecule has 1 aromatic rings. The zero-order valence-electron chi connectivity index (χ0n) is 9.09. The molecule has 2 nitrogen and oxygen atoms in total. The Hall–Kier alpha value is 0.290.